The fourth-order valence-corrected chi connectivity index (χ4v) is 1.96. The molecule has 0 aliphatic rings. The van der Waals surface area contributed by atoms with Crippen LogP contribution < -0.4 is 4.74 Å². The first kappa shape index (κ1) is 16.9. The topological polar surface area (TPSA) is 22.1 Å². The van der Waals surface area contributed by atoms with Gasteiger partial charge in [0.15, 0.2) is 0 Å². The molecule has 0 N–H and O–H groups in total. The number of hydrogen-bond donors (Lipinski definition) is 0. The third-order valence-corrected chi connectivity index (χ3v) is 2.61. The average molecular weight is 374 g/mol. The van der Waals surface area contributed by atoms with Crippen LogP contribution in [0.15, 0.2) is 6.20 Å². The lowest BCUT2D eigenvalue weighted by molar-refractivity contribution is -0.277. The minimum atomic E-state index is -5.43. The number of ether oxygens (including phenoxy) is 1. The van der Waals surface area contributed by atoms with Gasteiger partial charge in [-0.05, 0) is 5.56 Å². The number of pyridine rings is 1. The monoisotopic (exact) mass is 373 g/mol. The van der Waals surface area contributed by atoms with Crippen molar-refractivity contribution in [3.8, 4) is 5.88 Å². The Morgan fingerprint density at radius 2 is 1.70 bits per heavy atom. The van der Waals surface area contributed by atoms with Gasteiger partial charge >= 0.3 is 12.5 Å². The average Bonchev–Trinajstić information content (AvgIpc) is 2.23. The van der Waals surface area contributed by atoms with Crippen LogP contribution in [-0.2, 0) is 11.5 Å². The fourth-order valence-electron chi connectivity index (χ4n) is 1.36. The maximum atomic E-state index is 12.8. The van der Waals surface area contributed by atoms with Gasteiger partial charge in [-0.25, -0.2) is 13.8 Å². The number of rotatable bonds is 3. The summed E-state index contributed by atoms with van der Waals surface area (Å²) in [5, 5.41) is -0.738. The summed E-state index contributed by atoms with van der Waals surface area (Å²) in [7, 11) is 0. The van der Waals surface area contributed by atoms with Crippen LogP contribution >= 0.6 is 15.9 Å². The van der Waals surface area contributed by atoms with Crippen LogP contribution in [0.4, 0.5) is 35.1 Å². The second-order valence-electron chi connectivity index (χ2n) is 3.35. The van der Waals surface area contributed by atoms with Crippen LogP contribution in [-0.4, -0.2) is 11.3 Å². The van der Waals surface area contributed by atoms with Gasteiger partial charge in [0.2, 0.25) is 5.88 Å². The molecule has 0 radical (unpaired) electrons. The Morgan fingerprint density at radius 3 is 2.05 bits per heavy atom. The molecule has 0 atom stereocenters. The minimum absolute atomic E-state index is 0.220. The summed E-state index contributed by atoms with van der Waals surface area (Å²) in [5.41, 5.74) is -4.16. The minimum Gasteiger partial charge on any atom is -0.387 e. The van der Waals surface area contributed by atoms with E-state index >= 15 is 0 Å². The molecule has 0 amide bonds. The van der Waals surface area contributed by atoms with Gasteiger partial charge in [0, 0.05) is 17.1 Å². The van der Waals surface area contributed by atoms with Crippen LogP contribution in [0.1, 0.15) is 23.1 Å². The lowest BCUT2D eigenvalue weighted by Gasteiger charge is -2.19. The number of hydrogen-bond acceptors (Lipinski definition) is 2. The van der Waals surface area contributed by atoms with Crippen molar-refractivity contribution in [3.05, 3.63) is 22.9 Å². The molecule has 0 aliphatic heterocycles. The molecule has 0 aromatic carbocycles. The molecule has 0 unspecified atom stereocenters. The van der Waals surface area contributed by atoms with Crippen molar-refractivity contribution >= 4 is 15.9 Å². The predicted molar refractivity (Wildman–Crippen MR) is 53.5 cm³/mol. The molecule has 1 heterocycles. The zero-order valence-electron chi connectivity index (χ0n) is 9.12. The smallest absolute Gasteiger partial charge is 0.387 e. The first-order chi connectivity index (χ1) is 8.97. The standard InChI is InChI=1S/C9H4BrF8NO/c10-1-3-4(6(11)12)2-19-7(20-9(16,17)18)5(3)8(13,14)15/h2,6H,1H2. The van der Waals surface area contributed by atoms with Crippen LogP contribution in [0.25, 0.3) is 0 Å². The molecule has 20 heavy (non-hydrogen) atoms. The highest BCUT2D eigenvalue weighted by Crippen LogP contribution is 2.42. The number of alkyl halides is 9. The molecule has 2 nitrogen and oxygen atoms in total. The van der Waals surface area contributed by atoms with Gasteiger partial charge in [0.1, 0.15) is 5.56 Å². The molecule has 0 saturated heterocycles. The van der Waals surface area contributed by atoms with E-state index in [2.05, 4.69) is 25.7 Å². The van der Waals surface area contributed by atoms with E-state index in [1.54, 1.807) is 0 Å². The summed E-state index contributed by atoms with van der Waals surface area (Å²) in [4.78, 5) is 2.70. The van der Waals surface area contributed by atoms with E-state index in [9.17, 15) is 35.1 Å². The molecule has 11 heteroatoms. The molecule has 0 aliphatic carbocycles. The molecule has 1 rings (SSSR count). The summed E-state index contributed by atoms with van der Waals surface area (Å²) in [5.74, 6) is -1.82. The van der Waals surface area contributed by atoms with Crippen molar-refractivity contribution in [1.29, 1.82) is 0 Å². The highest BCUT2D eigenvalue weighted by atomic mass is 79.9. The largest absolute Gasteiger partial charge is 0.574 e. The molecular weight excluding hydrogens is 370 g/mol. The third kappa shape index (κ3) is 3.93. The highest BCUT2D eigenvalue weighted by Gasteiger charge is 2.43. The summed E-state index contributed by atoms with van der Waals surface area (Å²) in [6.07, 6.45) is -13.9. The Hall–Kier alpha value is -1.13. The van der Waals surface area contributed by atoms with Gasteiger partial charge in [0.05, 0.1) is 0 Å². The van der Waals surface area contributed by atoms with Gasteiger partial charge in [-0.1, -0.05) is 15.9 Å². The van der Waals surface area contributed by atoms with Crippen LogP contribution in [0.3, 0.4) is 0 Å². The second kappa shape index (κ2) is 5.70. The zero-order valence-corrected chi connectivity index (χ0v) is 10.7. The molecule has 0 fully saturated rings. The van der Waals surface area contributed by atoms with Gasteiger partial charge in [-0.2, -0.15) is 13.2 Å². The van der Waals surface area contributed by atoms with Crippen molar-refractivity contribution in [1.82, 2.24) is 4.98 Å². The van der Waals surface area contributed by atoms with Crippen molar-refractivity contribution < 1.29 is 39.9 Å². The maximum Gasteiger partial charge on any atom is 0.574 e. The van der Waals surface area contributed by atoms with Gasteiger partial charge in [-0.3, -0.25) is 0 Å². The fraction of sp³-hybridized carbons (Fsp3) is 0.444. The van der Waals surface area contributed by atoms with Gasteiger partial charge < -0.3 is 4.74 Å². The van der Waals surface area contributed by atoms with Crippen molar-refractivity contribution in [3.63, 3.8) is 0 Å². The van der Waals surface area contributed by atoms with Crippen LogP contribution in [0.2, 0.25) is 0 Å². The highest BCUT2D eigenvalue weighted by molar-refractivity contribution is 9.08. The van der Waals surface area contributed by atoms with E-state index in [1.807, 2.05) is 0 Å². The zero-order chi connectivity index (χ0) is 15.7. The summed E-state index contributed by atoms with van der Waals surface area (Å²) in [6.45, 7) is 0. The van der Waals surface area contributed by atoms with Crippen LogP contribution in [0.5, 0.6) is 5.88 Å². The summed E-state index contributed by atoms with van der Waals surface area (Å²) in [6, 6.07) is 0. The van der Waals surface area contributed by atoms with Crippen molar-refractivity contribution in [2.24, 2.45) is 0 Å². The van der Waals surface area contributed by atoms with Crippen molar-refractivity contribution in [2.45, 2.75) is 24.3 Å². The lowest BCUT2D eigenvalue weighted by atomic mass is 10.1. The number of aromatic nitrogens is 1. The first-order valence-corrected chi connectivity index (χ1v) is 5.78. The van der Waals surface area contributed by atoms with Gasteiger partial charge in [-0.15, -0.1) is 13.2 Å². The molecule has 0 spiro atoms. The quantitative estimate of drug-likeness (QED) is 0.559. The number of nitrogens with zero attached hydrogens (tertiary/aromatic N) is 1. The maximum absolute atomic E-state index is 12.8. The SMILES string of the molecule is FC(F)c1cnc(OC(F)(F)F)c(C(F)(F)F)c1CBr. The lowest BCUT2D eigenvalue weighted by Crippen LogP contribution is -2.22. The van der Waals surface area contributed by atoms with E-state index in [0.717, 1.165) is 0 Å². The molecule has 1 aromatic heterocycles. The van der Waals surface area contributed by atoms with E-state index in [1.165, 1.54) is 0 Å². The Bertz CT molecular complexity index is 484. The predicted octanol–water partition coefficient (Wildman–Crippen LogP) is 4.83. The Labute approximate surface area is 114 Å². The van der Waals surface area contributed by atoms with Crippen molar-refractivity contribution in [2.75, 3.05) is 0 Å². The number of halogens is 9. The van der Waals surface area contributed by atoms with E-state index < -0.39 is 46.9 Å². The summed E-state index contributed by atoms with van der Waals surface area (Å²) >= 11 is 2.54. The second-order valence-corrected chi connectivity index (χ2v) is 3.91. The third-order valence-electron chi connectivity index (χ3n) is 2.05. The molecule has 114 valence electrons. The Morgan fingerprint density at radius 1 is 1.15 bits per heavy atom. The Balaban J connectivity index is 3.54. The molecular formula is C9H4BrF8NO. The van der Waals surface area contributed by atoms with Gasteiger partial charge in [0.25, 0.3) is 6.43 Å². The Kier molecular flexibility index (Phi) is 4.82. The summed E-state index contributed by atoms with van der Waals surface area (Å²) < 4.78 is 103. The van der Waals surface area contributed by atoms with E-state index in [0.29, 0.717) is 0 Å². The molecule has 0 saturated carbocycles. The normalized spacial score (nSPS) is 12.9. The molecule has 1 aromatic rings. The molecule has 0 bridgehead atoms. The van der Waals surface area contributed by atoms with Crippen LogP contribution in [0, 0.1) is 0 Å². The van der Waals surface area contributed by atoms with E-state index in [4.69, 9.17) is 0 Å². The first-order valence-electron chi connectivity index (χ1n) is 4.66. The van der Waals surface area contributed by atoms with E-state index in [-0.39, 0.29) is 6.20 Å².